The second-order valence-electron chi connectivity index (χ2n) is 10.6. The van der Waals surface area contributed by atoms with E-state index in [9.17, 15) is 14.4 Å². The van der Waals surface area contributed by atoms with Crippen LogP contribution in [0.25, 0.3) is 0 Å². The predicted octanol–water partition coefficient (Wildman–Crippen LogP) is 8.37. The number of amides is 3. The summed E-state index contributed by atoms with van der Waals surface area (Å²) in [6.45, 7) is 17.1. The van der Waals surface area contributed by atoms with Gasteiger partial charge >= 0.3 is 18.3 Å². The summed E-state index contributed by atoms with van der Waals surface area (Å²) in [6.07, 6.45) is 4.85. The molecule has 0 aliphatic carbocycles. The van der Waals surface area contributed by atoms with Crippen molar-refractivity contribution >= 4 is 18.3 Å². The SMILES string of the molecule is C.C.C.C.C=CCOC(=O)NCCO.C=CCOC(=O)NCCOc1ccccc1CC.C=CCOC(=O)NCCOc1ccccc1CN.CCc1ccccc1O. The molecule has 0 saturated heterocycles. The Hall–Kier alpha value is -5.99. The van der Waals surface area contributed by atoms with Crippen molar-refractivity contribution < 1.29 is 48.3 Å². The van der Waals surface area contributed by atoms with Crippen LogP contribution in [0.2, 0.25) is 0 Å². The Morgan fingerprint density at radius 3 is 1.31 bits per heavy atom. The van der Waals surface area contributed by atoms with Crippen LogP contribution in [-0.2, 0) is 33.6 Å². The maximum atomic E-state index is 11.1. The molecule has 14 nitrogen and oxygen atoms in total. The number of alkyl carbamates (subject to hydrolysis) is 3. The number of hydrogen-bond acceptors (Lipinski definition) is 11. The average Bonchev–Trinajstić information content (AvgIpc) is 3.22. The Labute approximate surface area is 354 Å². The predicted molar refractivity (Wildman–Crippen MR) is 241 cm³/mol. The van der Waals surface area contributed by atoms with Gasteiger partial charge in [0, 0.05) is 18.7 Å². The summed E-state index contributed by atoms with van der Waals surface area (Å²) >= 11 is 0. The number of hydrogen-bond donors (Lipinski definition) is 6. The molecule has 0 unspecified atom stereocenters. The summed E-state index contributed by atoms with van der Waals surface area (Å²) in [6, 6.07) is 22.8. The number of carbonyl (C=O) groups excluding carboxylic acids is 3. The molecule has 59 heavy (non-hydrogen) atoms. The van der Waals surface area contributed by atoms with Crippen LogP contribution in [0.15, 0.2) is 111 Å². The molecule has 334 valence electrons. The lowest BCUT2D eigenvalue weighted by Gasteiger charge is -2.10. The van der Waals surface area contributed by atoms with Crippen LogP contribution in [0.1, 0.15) is 60.2 Å². The maximum Gasteiger partial charge on any atom is 0.407 e. The lowest BCUT2D eigenvalue weighted by Crippen LogP contribution is -2.28. The summed E-state index contributed by atoms with van der Waals surface area (Å²) in [5.41, 5.74) is 8.69. The van der Waals surface area contributed by atoms with E-state index in [1.165, 1.54) is 18.2 Å². The number of aliphatic hydroxyl groups is 1. The zero-order valence-corrected chi connectivity index (χ0v) is 32.0. The quantitative estimate of drug-likeness (QED) is 0.0385. The van der Waals surface area contributed by atoms with Gasteiger partial charge in [0.15, 0.2) is 0 Å². The third kappa shape index (κ3) is 32.8. The molecule has 0 aliphatic rings. The van der Waals surface area contributed by atoms with Gasteiger partial charge in [-0.3, -0.25) is 0 Å². The normalized spacial score (nSPS) is 8.75. The van der Waals surface area contributed by atoms with Crippen LogP contribution in [0.3, 0.4) is 0 Å². The van der Waals surface area contributed by atoms with Gasteiger partial charge < -0.3 is 55.6 Å². The molecule has 3 amide bonds. The fourth-order valence-electron chi connectivity index (χ4n) is 3.90. The molecule has 0 fully saturated rings. The minimum Gasteiger partial charge on any atom is -0.508 e. The number of aromatic hydroxyl groups is 1. The molecule has 0 aliphatic heterocycles. The zero-order chi connectivity index (χ0) is 40.9. The lowest BCUT2D eigenvalue weighted by molar-refractivity contribution is 0.154. The first kappa shape index (κ1) is 62.2. The van der Waals surface area contributed by atoms with E-state index < -0.39 is 18.3 Å². The number of aliphatic hydroxyl groups excluding tert-OH is 1. The molecule has 0 spiro atoms. The highest BCUT2D eigenvalue weighted by molar-refractivity contribution is 5.67. The standard InChI is InChI=1S/C14H19NO3.C13H18N2O3.C8H10O.C6H11NO3.4CH4/c1-3-10-18-14(16)15-9-11-17-13-8-6-5-7-12(13)4-2;1-2-8-18-13(16)15-7-9-17-12-6-4-3-5-11(12)10-14;1-2-7-5-3-4-6-8(7)9;1-2-5-10-6(9)7-3-4-8;;;;/h3,5-8H,1,4,9-11H2,2H3,(H,15,16);2-6H,1,7-10,14H2,(H,15,16);3-6,9H,2H2,1H3;2,8H,1,3-5H2,(H,7,9);4*1H4. The molecule has 7 N–H and O–H groups in total. The highest BCUT2D eigenvalue weighted by atomic mass is 16.6. The van der Waals surface area contributed by atoms with Gasteiger partial charge in [0.25, 0.3) is 0 Å². The first-order chi connectivity index (χ1) is 26.7. The summed E-state index contributed by atoms with van der Waals surface area (Å²) in [5.74, 6) is 2.00. The molecule has 3 rings (SSSR count). The van der Waals surface area contributed by atoms with Crippen molar-refractivity contribution in [3.05, 3.63) is 127 Å². The van der Waals surface area contributed by atoms with E-state index in [1.807, 2.05) is 73.7 Å². The number of benzene rings is 3. The molecule has 3 aromatic rings. The van der Waals surface area contributed by atoms with Gasteiger partial charge in [-0.05, 0) is 42.2 Å². The summed E-state index contributed by atoms with van der Waals surface area (Å²) in [5, 5.41) is 24.8. The largest absolute Gasteiger partial charge is 0.508 e. The monoisotopic (exact) mass is 831 g/mol. The number of ether oxygens (including phenoxy) is 5. The third-order valence-electron chi connectivity index (χ3n) is 6.55. The fourth-order valence-corrected chi connectivity index (χ4v) is 3.90. The smallest absolute Gasteiger partial charge is 0.407 e. The van der Waals surface area contributed by atoms with E-state index in [0.717, 1.165) is 41.0 Å². The molecule has 0 bridgehead atoms. The number of aryl methyl sites for hydroxylation is 2. The van der Waals surface area contributed by atoms with Gasteiger partial charge in [0.2, 0.25) is 0 Å². The Kier molecular flexibility index (Phi) is 45.5. The number of carbonyl (C=O) groups is 3. The first-order valence-electron chi connectivity index (χ1n) is 17.7. The van der Waals surface area contributed by atoms with Crippen molar-refractivity contribution in [1.82, 2.24) is 16.0 Å². The van der Waals surface area contributed by atoms with E-state index in [0.29, 0.717) is 38.6 Å². The van der Waals surface area contributed by atoms with Crippen LogP contribution < -0.4 is 31.2 Å². The number of phenolic OH excluding ortho intramolecular Hbond substituents is 1. The van der Waals surface area contributed by atoms with Crippen LogP contribution in [-0.4, -0.2) is 87.8 Å². The van der Waals surface area contributed by atoms with Gasteiger partial charge in [-0.25, -0.2) is 14.4 Å². The highest BCUT2D eigenvalue weighted by Gasteiger charge is 2.04. The van der Waals surface area contributed by atoms with Gasteiger partial charge in [0.05, 0.1) is 19.7 Å². The van der Waals surface area contributed by atoms with Crippen LogP contribution in [0, 0.1) is 0 Å². The van der Waals surface area contributed by atoms with E-state index in [2.05, 4.69) is 47.3 Å². The maximum absolute atomic E-state index is 11.1. The van der Waals surface area contributed by atoms with Crippen molar-refractivity contribution in [1.29, 1.82) is 0 Å². The van der Waals surface area contributed by atoms with Crippen molar-refractivity contribution in [2.75, 3.05) is 59.3 Å². The molecule has 14 heteroatoms. The van der Waals surface area contributed by atoms with E-state index in [-0.39, 0.29) is 62.7 Å². The summed E-state index contributed by atoms with van der Waals surface area (Å²) < 4.78 is 25.1. The van der Waals surface area contributed by atoms with Gasteiger partial charge in [0.1, 0.15) is 50.3 Å². The number of nitrogens with two attached hydrogens (primary N) is 1. The molecular formula is C45H74N4O10. The highest BCUT2D eigenvalue weighted by Crippen LogP contribution is 2.18. The van der Waals surface area contributed by atoms with Gasteiger partial charge in [-0.15, -0.1) is 0 Å². The van der Waals surface area contributed by atoms with Crippen molar-refractivity contribution in [2.45, 2.75) is 62.9 Å². The summed E-state index contributed by atoms with van der Waals surface area (Å²) in [7, 11) is 0. The molecular weight excluding hydrogens is 757 g/mol. The van der Waals surface area contributed by atoms with Gasteiger partial charge in [-0.1, -0.05) is 136 Å². The van der Waals surface area contributed by atoms with Crippen LogP contribution in [0.5, 0.6) is 17.2 Å². The van der Waals surface area contributed by atoms with Crippen LogP contribution >= 0.6 is 0 Å². The zero-order valence-electron chi connectivity index (χ0n) is 32.0. The molecule has 0 aromatic heterocycles. The van der Waals surface area contributed by atoms with Gasteiger partial charge in [-0.2, -0.15) is 0 Å². The second-order valence-corrected chi connectivity index (χ2v) is 10.6. The molecule has 3 aromatic carbocycles. The third-order valence-corrected chi connectivity index (χ3v) is 6.55. The molecule has 0 radical (unpaired) electrons. The molecule has 0 saturated carbocycles. The molecule has 0 heterocycles. The summed E-state index contributed by atoms with van der Waals surface area (Å²) in [4.78, 5) is 32.6. The van der Waals surface area contributed by atoms with Crippen molar-refractivity contribution in [3.63, 3.8) is 0 Å². The number of nitrogens with one attached hydrogen (secondary N) is 3. The molecule has 0 atom stereocenters. The Morgan fingerprint density at radius 1 is 0.593 bits per heavy atom. The fraction of sp³-hybridized carbons (Fsp3) is 0.400. The first-order valence-corrected chi connectivity index (χ1v) is 17.7. The lowest BCUT2D eigenvalue weighted by atomic mass is 10.1. The minimum absolute atomic E-state index is 0. The Bertz CT molecular complexity index is 1450. The van der Waals surface area contributed by atoms with E-state index in [4.69, 9.17) is 34.9 Å². The number of phenols is 1. The van der Waals surface area contributed by atoms with E-state index in [1.54, 1.807) is 6.07 Å². The van der Waals surface area contributed by atoms with Crippen molar-refractivity contribution in [2.24, 2.45) is 5.73 Å². The second kappa shape index (κ2) is 43.1. The number of para-hydroxylation sites is 3. The Morgan fingerprint density at radius 2 is 0.949 bits per heavy atom. The topological polar surface area (TPSA) is 200 Å². The van der Waals surface area contributed by atoms with Crippen molar-refractivity contribution in [3.8, 4) is 17.2 Å². The van der Waals surface area contributed by atoms with E-state index >= 15 is 0 Å². The number of rotatable bonds is 19. The Balaban J connectivity index is -0.000000224. The minimum atomic E-state index is -0.533. The van der Waals surface area contributed by atoms with Crippen LogP contribution in [0.4, 0.5) is 14.4 Å². The average molecular weight is 831 g/mol.